The molecule has 1 aliphatic carbocycles. The summed E-state index contributed by atoms with van der Waals surface area (Å²) in [6, 6.07) is 5.93. The van der Waals surface area contributed by atoms with Crippen LogP contribution in [-0.4, -0.2) is 6.54 Å². The summed E-state index contributed by atoms with van der Waals surface area (Å²) in [7, 11) is 0. The number of halogens is 1. The standard InChI is InChI=1S/C13H19BrN2/c1-2-13(6-3-7-13)9-16-12-5-4-10(15)8-11(12)14/h4-5,8,16H,2-3,6-7,9,15H2,1H3. The van der Waals surface area contributed by atoms with E-state index in [1.807, 2.05) is 18.2 Å². The molecule has 0 aliphatic heterocycles. The first-order valence-corrected chi connectivity index (χ1v) is 6.73. The van der Waals surface area contributed by atoms with Crippen LogP contribution in [0.4, 0.5) is 11.4 Å². The molecule has 88 valence electrons. The smallest absolute Gasteiger partial charge is 0.0486 e. The summed E-state index contributed by atoms with van der Waals surface area (Å²) in [5, 5.41) is 3.53. The average Bonchev–Trinajstić information content (AvgIpc) is 2.19. The largest absolute Gasteiger partial charge is 0.399 e. The average molecular weight is 283 g/mol. The molecule has 3 N–H and O–H groups in total. The highest BCUT2D eigenvalue weighted by atomic mass is 79.9. The quantitative estimate of drug-likeness (QED) is 0.819. The Labute approximate surface area is 106 Å². The minimum absolute atomic E-state index is 0.542. The van der Waals surface area contributed by atoms with Crippen LogP contribution < -0.4 is 11.1 Å². The molecule has 1 aromatic rings. The molecule has 1 aliphatic rings. The van der Waals surface area contributed by atoms with Gasteiger partial charge in [0.1, 0.15) is 0 Å². The van der Waals surface area contributed by atoms with Gasteiger partial charge in [-0.1, -0.05) is 13.3 Å². The Kier molecular flexibility index (Phi) is 3.43. The first-order chi connectivity index (χ1) is 7.65. The van der Waals surface area contributed by atoms with Crippen LogP contribution in [0.3, 0.4) is 0 Å². The van der Waals surface area contributed by atoms with Gasteiger partial charge in [-0.25, -0.2) is 0 Å². The zero-order valence-corrected chi connectivity index (χ0v) is 11.3. The van der Waals surface area contributed by atoms with E-state index in [1.54, 1.807) is 0 Å². The third-order valence-corrected chi connectivity index (χ3v) is 4.47. The Bertz CT molecular complexity index is 367. The van der Waals surface area contributed by atoms with E-state index in [4.69, 9.17) is 5.73 Å². The van der Waals surface area contributed by atoms with Gasteiger partial charge in [-0.15, -0.1) is 0 Å². The number of anilines is 2. The summed E-state index contributed by atoms with van der Waals surface area (Å²) in [6.45, 7) is 3.37. The fourth-order valence-corrected chi connectivity index (χ4v) is 2.83. The fraction of sp³-hybridized carbons (Fsp3) is 0.538. The van der Waals surface area contributed by atoms with E-state index < -0.39 is 0 Å². The van der Waals surface area contributed by atoms with Gasteiger partial charge in [0.15, 0.2) is 0 Å². The van der Waals surface area contributed by atoms with Crippen molar-refractivity contribution in [2.24, 2.45) is 5.41 Å². The van der Waals surface area contributed by atoms with Gasteiger partial charge in [0.2, 0.25) is 0 Å². The molecule has 1 saturated carbocycles. The number of benzene rings is 1. The lowest BCUT2D eigenvalue weighted by Gasteiger charge is -2.41. The van der Waals surface area contributed by atoms with Crippen LogP contribution in [0.1, 0.15) is 32.6 Å². The number of hydrogen-bond donors (Lipinski definition) is 2. The second kappa shape index (κ2) is 4.66. The molecule has 2 rings (SSSR count). The summed E-state index contributed by atoms with van der Waals surface area (Å²) in [5.74, 6) is 0. The lowest BCUT2D eigenvalue weighted by Crippen LogP contribution is -2.35. The van der Waals surface area contributed by atoms with Crippen LogP contribution in [0.15, 0.2) is 22.7 Å². The molecule has 2 nitrogen and oxygen atoms in total. The van der Waals surface area contributed by atoms with Gasteiger partial charge in [-0.05, 0) is 58.8 Å². The van der Waals surface area contributed by atoms with Crippen molar-refractivity contribution in [3.8, 4) is 0 Å². The van der Waals surface area contributed by atoms with Crippen LogP contribution in [0, 0.1) is 5.41 Å². The van der Waals surface area contributed by atoms with Crippen LogP contribution in [0.5, 0.6) is 0 Å². The van der Waals surface area contributed by atoms with Gasteiger partial charge in [0.05, 0.1) is 0 Å². The molecule has 0 atom stereocenters. The number of rotatable bonds is 4. The normalized spacial score (nSPS) is 17.9. The van der Waals surface area contributed by atoms with Crippen molar-refractivity contribution in [1.82, 2.24) is 0 Å². The molecule has 0 spiro atoms. The highest BCUT2D eigenvalue weighted by molar-refractivity contribution is 9.10. The summed E-state index contributed by atoms with van der Waals surface area (Å²) < 4.78 is 1.05. The van der Waals surface area contributed by atoms with Gasteiger partial charge in [-0.2, -0.15) is 0 Å². The van der Waals surface area contributed by atoms with Crippen LogP contribution in [-0.2, 0) is 0 Å². The Morgan fingerprint density at radius 1 is 1.44 bits per heavy atom. The molecule has 1 fully saturated rings. The predicted octanol–water partition coefficient (Wildman–Crippen LogP) is 4.02. The topological polar surface area (TPSA) is 38.0 Å². The Balaban J connectivity index is 1.99. The maximum absolute atomic E-state index is 5.72. The number of nitrogens with one attached hydrogen (secondary N) is 1. The van der Waals surface area contributed by atoms with Crippen molar-refractivity contribution in [3.05, 3.63) is 22.7 Å². The molecule has 0 bridgehead atoms. The van der Waals surface area contributed by atoms with Crippen LogP contribution in [0.2, 0.25) is 0 Å². The minimum Gasteiger partial charge on any atom is -0.399 e. The highest BCUT2D eigenvalue weighted by Gasteiger charge is 2.34. The summed E-state index contributed by atoms with van der Waals surface area (Å²) >= 11 is 3.53. The molecule has 0 radical (unpaired) electrons. The lowest BCUT2D eigenvalue weighted by molar-refractivity contribution is 0.145. The monoisotopic (exact) mass is 282 g/mol. The van der Waals surface area contributed by atoms with Gasteiger partial charge < -0.3 is 11.1 Å². The van der Waals surface area contributed by atoms with Gasteiger partial charge in [-0.3, -0.25) is 0 Å². The Hall–Kier alpha value is -0.700. The second-order valence-electron chi connectivity index (χ2n) is 4.80. The van der Waals surface area contributed by atoms with Gasteiger partial charge >= 0.3 is 0 Å². The van der Waals surface area contributed by atoms with Crippen molar-refractivity contribution in [3.63, 3.8) is 0 Å². The first kappa shape index (κ1) is 11.8. The summed E-state index contributed by atoms with van der Waals surface area (Å²) in [5.41, 5.74) is 8.20. The number of nitrogen functional groups attached to an aromatic ring is 1. The van der Waals surface area contributed by atoms with Crippen molar-refractivity contribution >= 4 is 27.3 Å². The number of nitrogens with two attached hydrogens (primary N) is 1. The van der Waals surface area contributed by atoms with E-state index in [0.717, 1.165) is 22.4 Å². The molecule has 0 aromatic heterocycles. The third kappa shape index (κ3) is 2.34. The van der Waals surface area contributed by atoms with Crippen molar-refractivity contribution in [2.75, 3.05) is 17.6 Å². The third-order valence-electron chi connectivity index (χ3n) is 3.81. The van der Waals surface area contributed by atoms with E-state index in [2.05, 4.69) is 28.2 Å². The molecular formula is C13H19BrN2. The molecule has 0 saturated heterocycles. The van der Waals surface area contributed by atoms with Crippen LogP contribution in [0.25, 0.3) is 0 Å². The summed E-state index contributed by atoms with van der Waals surface area (Å²) in [6.07, 6.45) is 5.39. The molecule has 0 heterocycles. The Morgan fingerprint density at radius 3 is 2.69 bits per heavy atom. The van der Waals surface area contributed by atoms with E-state index in [-0.39, 0.29) is 0 Å². The predicted molar refractivity (Wildman–Crippen MR) is 73.6 cm³/mol. The minimum atomic E-state index is 0.542. The zero-order chi connectivity index (χ0) is 11.6. The first-order valence-electron chi connectivity index (χ1n) is 5.94. The second-order valence-corrected chi connectivity index (χ2v) is 5.65. The molecule has 3 heteroatoms. The van der Waals surface area contributed by atoms with E-state index >= 15 is 0 Å². The lowest BCUT2D eigenvalue weighted by atomic mass is 9.67. The molecule has 0 unspecified atom stereocenters. The molecular weight excluding hydrogens is 264 g/mol. The van der Waals surface area contributed by atoms with Crippen LogP contribution >= 0.6 is 15.9 Å². The van der Waals surface area contributed by atoms with E-state index in [1.165, 1.54) is 25.7 Å². The maximum Gasteiger partial charge on any atom is 0.0486 e. The Morgan fingerprint density at radius 2 is 2.19 bits per heavy atom. The fourth-order valence-electron chi connectivity index (χ4n) is 2.29. The number of hydrogen-bond acceptors (Lipinski definition) is 2. The molecule has 16 heavy (non-hydrogen) atoms. The van der Waals surface area contributed by atoms with E-state index in [0.29, 0.717) is 5.41 Å². The van der Waals surface area contributed by atoms with Crippen molar-refractivity contribution in [1.29, 1.82) is 0 Å². The van der Waals surface area contributed by atoms with Gasteiger partial charge in [0, 0.05) is 22.4 Å². The maximum atomic E-state index is 5.72. The molecule has 1 aromatic carbocycles. The SMILES string of the molecule is CCC1(CNc2ccc(N)cc2Br)CCC1. The van der Waals surface area contributed by atoms with Gasteiger partial charge in [0.25, 0.3) is 0 Å². The van der Waals surface area contributed by atoms with Crippen molar-refractivity contribution in [2.45, 2.75) is 32.6 Å². The summed E-state index contributed by atoms with van der Waals surface area (Å²) in [4.78, 5) is 0. The zero-order valence-electron chi connectivity index (χ0n) is 9.72. The molecule has 0 amide bonds. The van der Waals surface area contributed by atoms with Crippen molar-refractivity contribution < 1.29 is 0 Å². The highest BCUT2D eigenvalue weighted by Crippen LogP contribution is 2.44. The van der Waals surface area contributed by atoms with E-state index in [9.17, 15) is 0 Å².